The monoisotopic (exact) mass is 418 g/mol. The van der Waals surface area contributed by atoms with Crippen LogP contribution in [-0.2, 0) is 0 Å². The zero-order valence-corrected chi connectivity index (χ0v) is 15.4. The summed E-state index contributed by atoms with van der Waals surface area (Å²) < 4.78 is 6.47. The van der Waals surface area contributed by atoms with E-state index in [1.165, 1.54) is 0 Å². The molecule has 27 heavy (non-hydrogen) atoms. The summed E-state index contributed by atoms with van der Waals surface area (Å²) in [5.74, 6) is 0.454. The highest BCUT2D eigenvalue weighted by Crippen LogP contribution is 2.32. The van der Waals surface area contributed by atoms with Crippen molar-refractivity contribution in [1.82, 2.24) is 0 Å². The number of carbonyl (C=O) groups excluding carboxylic acids is 2. The molecule has 0 spiro atoms. The van der Waals surface area contributed by atoms with Crippen LogP contribution < -0.4 is 9.64 Å². The molecule has 1 heterocycles. The fourth-order valence-corrected chi connectivity index (χ4v) is 3.21. The molecule has 0 unspecified atom stereocenters. The molecule has 0 aromatic heterocycles. The minimum absolute atomic E-state index is 0.344. The maximum absolute atomic E-state index is 12.6. The highest BCUT2D eigenvalue weighted by molar-refractivity contribution is 9.10. The lowest BCUT2D eigenvalue weighted by atomic mass is 10.1. The van der Waals surface area contributed by atoms with Crippen LogP contribution in [0.3, 0.4) is 0 Å². The number of rotatable bonds is 3. The first kappa shape index (κ1) is 17.0. The van der Waals surface area contributed by atoms with Crippen LogP contribution in [0.25, 0.3) is 0 Å². The van der Waals surface area contributed by atoms with E-state index in [4.69, 9.17) is 10.00 Å². The Kier molecular flexibility index (Phi) is 4.22. The van der Waals surface area contributed by atoms with E-state index in [0.717, 1.165) is 9.37 Å². The lowest BCUT2D eigenvalue weighted by molar-refractivity contribution is 0.0926. The second-order valence-electron chi connectivity index (χ2n) is 5.87. The van der Waals surface area contributed by atoms with Crippen molar-refractivity contribution >= 4 is 33.4 Å². The van der Waals surface area contributed by atoms with Gasteiger partial charge in [0.1, 0.15) is 11.5 Å². The maximum Gasteiger partial charge on any atom is 0.266 e. The molecule has 1 aliphatic heterocycles. The first-order valence-electron chi connectivity index (χ1n) is 8.03. The molecule has 6 heteroatoms. The fraction of sp³-hybridized carbons (Fsp3) is 0. The van der Waals surface area contributed by atoms with Gasteiger partial charge < -0.3 is 4.74 Å². The van der Waals surface area contributed by atoms with Crippen molar-refractivity contribution in [3.8, 4) is 17.6 Å². The number of anilines is 1. The van der Waals surface area contributed by atoms with Crippen LogP contribution in [0.15, 0.2) is 71.2 Å². The van der Waals surface area contributed by atoms with Crippen molar-refractivity contribution in [2.75, 3.05) is 4.90 Å². The van der Waals surface area contributed by atoms with Crippen molar-refractivity contribution in [2.45, 2.75) is 0 Å². The van der Waals surface area contributed by atoms with E-state index in [-0.39, 0.29) is 11.8 Å². The molecule has 0 saturated carbocycles. The first-order chi connectivity index (χ1) is 13.1. The van der Waals surface area contributed by atoms with Gasteiger partial charge in [0.2, 0.25) is 0 Å². The molecule has 3 aromatic rings. The van der Waals surface area contributed by atoms with Crippen LogP contribution in [0.2, 0.25) is 0 Å². The number of ether oxygens (including phenoxy) is 1. The molecule has 0 aliphatic carbocycles. The Morgan fingerprint density at radius 2 is 1.41 bits per heavy atom. The lowest BCUT2D eigenvalue weighted by Crippen LogP contribution is -2.29. The molecule has 130 valence electrons. The second kappa shape index (κ2) is 6.71. The summed E-state index contributed by atoms with van der Waals surface area (Å²) in [6, 6.07) is 20.5. The molecular weight excluding hydrogens is 408 g/mol. The van der Waals surface area contributed by atoms with Gasteiger partial charge in [-0.15, -0.1) is 0 Å². The zero-order chi connectivity index (χ0) is 19.0. The van der Waals surface area contributed by atoms with Gasteiger partial charge >= 0.3 is 0 Å². The van der Waals surface area contributed by atoms with Gasteiger partial charge in [-0.3, -0.25) is 9.59 Å². The van der Waals surface area contributed by atoms with Crippen LogP contribution in [-0.4, -0.2) is 11.8 Å². The molecule has 0 radical (unpaired) electrons. The SMILES string of the molecule is N#Cc1ccc(Oc2ccc(N3C(=O)c4ccc(Br)cc4C3=O)cc2)cc1. The smallest absolute Gasteiger partial charge is 0.266 e. The van der Waals surface area contributed by atoms with Gasteiger partial charge in [-0.05, 0) is 66.7 Å². The lowest BCUT2D eigenvalue weighted by Gasteiger charge is -2.14. The quantitative estimate of drug-likeness (QED) is 0.566. The average Bonchev–Trinajstić information content (AvgIpc) is 2.93. The molecule has 1 aliphatic rings. The van der Waals surface area contributed by atoms with E-state index in [1.54, 1.807) is 66.7 Å². The Bertz CT molecular complexity index is 1100. The van der Waals surface area contributed by atoms with E-state index >= 15 is 0 Å². The highest BCUT2D eigenvalue weighted by atomic mass is 79.9. The van der Waals surface area contributed by atoms with Gasteiger partial charge in [-0.25, -0.2) is 4.90 Å². The summed E-state index contributed by atoms with van der Waals surface area (Å²) in [5.41, 5.74) is 1.80. The minimum atomic E-state index is -0.350. The van der Waals surface area contributed by atoms with Crippen LogP contribution in [0.5, 0.6) is 11.5 Å². The van der Waals surface area contributed by atoms with E-state index in [9.17, 15) is 9.59 Å². The molecule has 0 fully saturated rings. The topological polar surface area (TPSA) is 70.4 Å². The summed E-state index contributed by atoms with van der Waals surface area (Å²) in [4.78, 5) is 26.4. The molecular formula is C21H11BrN2O3. The third-order valence-corrected chi connectivity index (χ3v) is 4.66. The highest BCUT2D eigenvalue weighted by Gasteiger charge is 2.36. The summed E-state index contributed by atoms with van der Waals surface area (Å²) in [6.07, 6.45) is 0. The Morgan fingerprint density at radius 3 is 2.04 bits per heavy atom. The van der Waals surface area contributed by atoms with Crippen molar-refractivity contribution < 1.29 is 14.3 Å². The zero-order valence-electron chi connectivity index (χ0n) is 13.8. The Balaban J connectivity index is 1.57. The molecule has 0 N–H and O–H groups in total. The normalized spacial score (nSPS) is 12.7. The summed E-state index contributed by atoms with van der Waals surface area (Å²) in [7, 11) is 0. The van der Waals surface area contributed by atoms with Crippen LogP contribution in [0.1, 0.15) is 26.3 Å². The van der Waals surface area contributed by atoms with Crippen molar-refractivity contribution in [3.63, 3.8) is 0 Å². The Hall–Kier alpha value is -3.43. The molecule has 0 atom stereocenters. The van der Waals surface area contributed by atoms with Gasteiger partial charge in [-0.2, -0.15) is 5.26 Å². The predicted octanol–water partition coefficient (Wildman–Crippen LogP) is 4.91. The maximum atomic E-state index is 12.6. The average molecular weight is 419 g/mol. The number of imide groups is 1. The van der Waals surface area contributed by atoms with E-state index in [0.29, 0.717) is 33.9 Å². The van der Waals surface area contributed by atoms with Gasteiger partial charge in [0.25, 0.3) is 11.8 Å². The van der Waals surface area contributed by atoms with Gasteiger partial charge in [-0.1, -0.05) is 15.9 Å². The standard InChI is InChI=1S/C21H11BrN2O3/c22-14-3-10-18-19(11-14)21(26)24(20(18)25)15-4-8-17(9-5-15)27-16-6-1-13(12-23)2-7-16/h1-11H. The number of halogens is 1. The predicted molar refractivity (Wildman–Crippen MR) is 103 cm³/mol. The third-order valence-electron chi connectivity index (χ3n) is 4.16. The van der Waals surface area contributed by atoms with E-state index in [2.05, 4.69) is 15.9 Å². The molecule has 2 amide bonds. The molecule has 3 aromatic carbocycles. The number of nitriles is 1. The number of nitrogens with zero attached hydrogens (tertiary/aromatic N) is 2. The fourth-order valence-electron chi connectivity index (χ4n) is 2.84. The molecule has 4 rings (SSSR count). The Morgan fingerprint density at radius 1 is 0.815 bits per heavy atom. The number of hydrogen-bond donors (Lipinski definition) is 0. The number of fused-ring (bicyclic) bond motifs is 1. The number of hydrogen-bond acceptors (Lipinski definition) is 4. The Labute approximate surface area is 163 Å². The second-order valence-corrected chi connectivity index (χ2v) is 6.78. The van der Waals surface area contributed by atoms with E-state index in [1.807, 2.05) is 6.07 Å². The molecule has 0 bridgehead atoms. The largest absolute Gasteiger partial charge is 0.457 e. The van der Waals surface area contributed by atoms with Crippen molar-refractivity contribution in [3.05, 3.63) is 87.9 Å². The van der Waals surface area contributed by atoms with Crippen LogP contribution in [0.4, 0.5) is 5.69 Å². The third kappa shape index (κ3) is 3.09. The summed E-state index contributed by atoms with van der Waals surface area (Å²) in [5, 5.41) is 8.82. The van der Waals surface area contributed by atoms with Gasteiger partial charge in [0, 0.05) is 4.47 Å². The first-order valence-corrected chi connectivity index (χ1v) is 8.82. The van der Waals surface area contributed by atoms with Crippen molar-refractivity contribution in [1.29, 1.82) is 5.26 Å². The number of benzene rings is 3. The number of amides is 2. The van der Waals surface area contributed by atoms with E-state index < -0.39 is 0 Å². The molecule has 0 saturated heterocycles. The van der Waals surface area contributed by atoms with Gasteiger partial charge in [0.15, 0.2) is 0 Å². The minimum Gasteiger partial charge on any atom is -0.457 e. The number of carbonyl (C=O) groups is 2. The van der Waals surface area contributed by atoms with Gasteiger partial charge in [0.05, 0.1) is 28.4 Å². The van der Waals surface area contributed by atoms with Crippen LogP contribution in [0, 0.1) is 11.3 Å². The summed E-state index contributed by atoms with van der Waals surface area (Å²) >= 11 is 3.32. The summed E-state index contributed by atoms with van der Waals surface area (Å²) in [6.45, 7) is 0. The molecule has 5 nitrogen and oxygen atoms in total. The van der Waals surface area contributed by atoms with Crippen LogP contribution >= 0.6 is 15.9 Å². The van der Waals surface area contributed by atoms with Crippen molar-refractivity contribution in [2.24, 2.45) is 0 Å².